The second-order valence-electron chi connectivity index (χ2n) is 9.26. The maximum atomic E-state index is 11.6. The van der Waals surface area contributed by atoms with Crippen LogP contribution in [-0.2, 0) is 6.54 Å². The zero-order chi connectivity index (χ0) is 21.4. The highest BCUT2D eigenvalue weighted by atomic mass is 35.5. The molecule has 3 saturated heterocycles. The van der Waals surface area contributed by atoms with E-state index in [1.807, 2.05) is 6.07 Å². The molecular formula is C27H33ClN2O2. The number of benzene rings is 2. The van der Waals surface area contributed by atoms with Gasteiger partial charge in [-0.1, -0.05) is 42.5 Å². The van der Waals surface area contributed by atoms with Crippen LogP contribution in [0.3, 0.4) is 0 Å². The Morgan fingerprint density at radius 2 is 2.06 bits per heavy atom. The Labute approximate surface area is 197 Å². The van der Waals surface area contributed by atoms with Gasteiger partial charge < -0.3 is 32.1 Å². The van der Waals surface area contributed by atoms with Gasteiger partial charge in [-0.2, -0.15) is 0 Å². The van der Waals surface area contributed by atoms with Crippen molar-refractivity contribution in [3.8, 4) is 5.75 Å². The number of aliphatic hydroxyl groups excluding tert-OH is 1. The molecule has 4 aliphatic heterocycles. The number of halogens is 1. The van der Waals surface area contributed by atoms with Gasteiger partial charge in [-0.15, -0.1) is 6.58 Å². The summed E-state index contributed by atoms with van der Waals surface area (Å²) < 4.78 is 5.54. The van der Waals surface area contributed by atoms with E-state index >= 15 is 0 Å². The Balaban J connectivity index is 0.00000245. The van der Waals surface area contributed by atoms with Gasteiger partial charge in [0, 0.05) is 43.1 Å². The summed E-state index contributed by atoms with van der Waals surface area (Å²) in [5.41, 5.74) is 4.64. The lowest BCUT2D eigenvalue weighted by atomic mass is 9.73. The second kappa shape index (κ2) is 9.70. The third-order valence-corrected chi connectivity index (χ3v) is 7.63. The Bertz CT molecular complexity index is 977. The van der Waals surface area contributed by atoms with E-state index < -0.39 is 6.10 Å². The van der Waals surface area contributed by atoms with E-state index in [-0.39, 0.29) is 18.4 Å². The molecule has 0 radical (unpaired) electrons. The van der Waals surface area contributed by atoms with E-state index in [0.29, 0.717) is 11.8 Å². The van der Waals surface area contributed by atoms with Crippen molar-refractivity contribution < 1.29 is 27.2 Å². The maximum absolute atomic E-state index is 11.6. The Kier molecular flexibility index (Phi) is 6.94. The fraction of sp³-hybridized carbons (Fsp3) is 0.407. The van der Waals surface area contributed by atoms with Crippen LogP contribution in [0.1, 0.15) is 24.0 Å². The van der Waals surface area contributed by atoms with Crippen LogP contribution in [0.25, 0.3) is 5.57 Å². The molecule has 3 fully saturated rings. The predicted octanol–water partition coefficient (Wildman–Crippen LogP) is -0.0570. The third-order valence-electron chi connectivity index (χ3n) is 7.63. The molecule has 170 valence electrons. The number of methoxy groups -OCH3 is 1. The van der Waals surface area contributed by atoms with Crippen LogP contribution in [0.4, 0.5) is 5.69 Å². The van der Waals surface area contributed by atoms with Gasteiger partial charge in [-0.3, -0.25) is 0 Å². The minimum absolute atomic E-state index is 0. The van der Waals surface area contributed by atoms with Crippen molar-refractivity contribution in [2.24, 2.45) is 11.8 Å². The van der Waals surface area contributed by atoms with Crippen molar-refractivity contribution in [3.05, 3.63) is 78.4 Å². The van der Waals surface area contributed by atoms with Crippen LogP contribution in [0.2, 0.25) is 0 Å². The summed E-state index contributed by atoms with van der Waals surface area (Å²) in [7, 11) is 1.71. The summed E-state index contributed by atoms with van der Waals surface area (Å²) in [6, 6.07) is 17.1. The van der Waals surface area contributed by atoms with Crippen molar-refractivity contribution in [1.29, 1.82) is 0 Å². The topological polar surface area (TPSA) is 37.1 Å². The summed E-state index contributed by atoms with van der Waals surface area (Å²) in [6.07, 6.45) is 6.26. The highest BCUT2D eigenvalue weighted by Gasteiger charge is 2.46. The molecule has 5 heteroatoms. The fourth-order valence-electron chi connectivity index (χ4n) is 5.92. The lowest BCUT2D eigenvalue weighted by Gasteiger charge is -2.48. The molecule has 1 unspecified atom stereocenters. The first-order chi connectivity index (χ1) is 15.2. The zero-order valence-electron chi connectivity index (χ0n) is 18.7. The van der Waals surface area contributed by atoms with Gasteiger partial charge in [-0.05, 0) is 35.3 Å². The zero-order valence-corrected chi connectivity index (χ0v) is 19.5. The molecule has 4 heterocycles. The first-order valence-corrected chi connectivity index (χ1v) is 11.5. The van der Waals surface area contributed by atoms with E-state index in [0.717, 1.165) is 49.5 Å². The van der Waals surface area contributed by atoms with Gasteiger partial charge in [-0.25, -0.2) is 0 Å². The van der Waals surface area contributed by atoms with Gasteiger partial charge in [0.25, 0.3) is 0 Å². The standard InChI is InChI=1S/C27H32N2O2.ClH/c1-3-20-18-29-13-11-21(20)15-26(29)27(30)23-12-14-28(17-19-7-5-4-6-8-19)25-10-9-22(31-2)16-24(23)25;/h3-10,12,16,20-21,26-27,30H,1,11,13-15,17-18H2,2H3;1H/t20-,21-,26-,27+;/m0./s1. The van der Waals surface area contributed by atoms with Crippen LogP contribution in [-0.4, -0.2) is 44.0 Å². The summed E-state index contributed by atoms with van der Waals surface area (Å²) in [4.78, 5) is 3.92. The molecule has 2 bridgehead atoms. The molecule has 6 rings (SSSR count). The SMILES string of the molecule is C=C[C@H]1C[NH+]2CC[C@H]1C[C@H]2[C@H](O)C1=CCN(Cc2ccccc2)c2ccc(OC)cc21.[Cl-]. The molecule has 2 aromatic rings. The number of rotatable bonds is 6. The van der Waals surface area contributed by atoms with E-state index in [1.54, 1.807) is 7.11 Å². The number of aliphatic hydroxyl groups is 1. The molecule has 0 aromatic heterocycles. The third kappa shape index (κ3) is 4.19. The normalized spacial score (nSPS) is 27.1. The smallest absolute Gasteiger partial charge is 0.131 e. The summed E-state index contributed by atoms with van der Waals surface area (Å²) in [5, 5.41) is 11.6. The molecule has 2 aromatic carbocycles. The first-order valence-electron chi connectivity index (χ1n) is 11.5. The molecule has 2 N–H and O–H groups in total. The molecule has 0 amide bonds. The number of nitrogens with one attached hydrogen (secondary N) is 1. The molecule has 0 spiro atoms. The first kappa shape index (κ1) is 22.9. The van der Waals surface area contributed by atoms with Crippen molar-refractivity contribution in [3.63, 3.8) is 0 Å². The van der Waals surface area contributed by atoms with Gasteiger partial charge >= 0.3 is 0 Å². The maximum Gasteiger partial charge on any atom is 0.131 e. The minimum Gasteiger partial charge on any atom is -1.00 e. The number of fused-ring (bicyclic) bond motifs is 4. The van der Waals surface area contributed by atoms with Crippen molar-refractivity contribution in [2.75, 3.05) is 31.6 Å². The average Bonchev–Trinajstić information content (AvgIpc) is 2.84. The highest BCUT2D eigenvalue weighted by molar-refractivity contribution is 5.83. The van der Waals surface area contributed by atoms with Gasteiger partial charge in [0.05, 0.1) is 20.2 Å². The number of hydrogen-bond donors (Lipinski definition) is 2. The quantitative estimate of drug-likeness (QED) is 0.603. The molecular weight excluding hydrogens is 420 g/mol. The fourth-order valence-corrected chi connectivity index (χ4v) is 5.92. The Morgan fingerprint density at radius 1 is 1.25 bits per heavy atom. The lowest BCUT2D eigenvalue weighted by Crippen LogP contribution is -3.20. The number of hydrogen-bond acceptors (Lipinski definition) is 3. The van der Waals surface area contributed by atoms with Crippen molar-refractivity contribution in [1.82, 2.24) is 0 Å². The number of anilines is 1. The van der Waals surface area contributed by atoms with Gasteiger partial charge in [0.15, 0.2) is 0 Å². The van der Waals surface area contributed by atoms with Crippen LogP contribution in [0.5, 0.6) is 5.75 Å². The number of piperidine rings is 3. The Morgan fingerprint density at radius 3 is 2.75 bits per heavy atom. The average molecular weight is 453 g/mol. The van der Waals surface area contributed by atoms with E-state index in [9.17, 15) is 5.11 Å². The highest BCUT2D eigenvalue weighted by Crippen LogP contribution is 2.39. The van der Waals surface area contributed by atoms with Gasteiger partial charge in [0.1, 0.15) is 17.9 Å². The van der Waals surface area contributed by atoms with Crippen LogP contribution in [0.15, 0.2) is 67.3 Å². The number of ether oxygens (including phenoxy) is 1. The van der Waals surface area contributed by atoms with Crippen molar-refractivity contribution >= 4 is 11.3 Å². The molecule has 4 aliphatic rings. The molecule has 0 saturated carbocycles. The van der Waals surface area contributed by atoms with E-state index in [4.69, 9.17) is 4.74 Å². The van der Waals surface area contributed by atoms with Crippen LogP contribution in [0, 0.1) is 11.8 Å². The van der Waals surface area contributed by atoms with Crippen LogP contribution < -0.4 is 26.9 Å². The predicted molar refractivity (Wildman–Crippen MR) is 125 cm³/mol. The molecule has 4 nitrogen and oxygen atoms in total. The molecule has 0 aliphatic carbocycles. The van der Waals surface area contributed by atoms with E-state index in [2.05, 4.69) is 66.1 Å². The second-order valence-corrected chi connectivity index (χ2v) is 9.26. The molecule has 32 heavy (non-hydrogen) atoms. The van der Waals surface area contributed by atoms with E-state index in [1.165, 1.54) is 22.6 Å². The largest absolute Gasteiger partial charge is 1.00 e. The van der Waals surface area contributed by atoms with Crippen molar-refractivity contribution in [2.45, 2.75) is 31.5 Å². The summed E-state index contributed by atoms with van der Waals surface area (Å²) in [6.45, 7) is 7.97. The lowest BCUT2D eigenvalue weighted by molar-refractivity contribution is -0.947. The summed E-state index contributed by atoms with van der Waals surface area (Å²) >= 11 is 0. The summed E-state index contributed by atoms with van der Waals surface area (Å²) in [5.74, 6) is 2.10. The van der Waals surface area contributed by atoms with Crippen LogP contribution >= 0.6 is 0 Å². The van der Waals surface area contributed by atoms with Gasteiger partial charge in [0.2, 0.25) is 0 Å². The Hall–Kier alpha value is -2.27. The molecule has 5 atom stereocenters. The monoisotopic (exact) mass is 452 g/mol. The number of quaternary nitrogens is 1. The number of nitrogens with zero attached hydrogens (tertiary/aromatic N) is 1. The minimum atomic E-state index is -0.451.